The summed E-state index contributed by atoms with van der Waals surface area (Å²) in [7, 11) is 1.65. The fourth-order valence-electron chi connectivity index (χ4n) is 2.60. The average Bonchev–Trinajstić information content (AvgIpc) is 3.01. The quantitative estimate of drug-likeness (QED) is 0.474. The first-order valence-electron chi connectivity index (χ1n) is 7.27. The molecule has 0 aliphatic rings. The fraction of sp³-hybridized carbons (Fsp3) is 0.118. The van der Waals surface area contributed by atoms with Crippen LogP contribution in [0.2, 0.25) is 5.15 Å². The summed E-state index contributed by atoms with van der Waals surface area (Å²) in [5.74, 6) is 0.820. The molecule has 0 N–H and O–H groups in total. The number of para-hydroxylation sites is 1. The topological polar surface area (TPSA) is 52.8 Å². The minimum Gasteiger partial charge on any atom is -0.497 e. The molecule has 0 atom stereocenters. The van der Waals surface area contributed by atoms with E-state index in [-0.39, 0.29) is 0 Å². The van der Waals surface area contributed by atoms with Crippen molar-refractivity contribution in [3.05, 3.63) is 57.7 Å². The summed E-state index contributed by atoms with van der Waals surface area (Å²) >= 11 is 9.80. The Kier molecular flexibility index (Phi) is 3.86. The Bertz CT molecular complexity index is 1050. The minimum atomic E-state index is 0.352. The smallest absolute Gasteiger partial charge is 0.159 e. The molecule has 0 spiro atoms. The van der Waals surface area contributed by atoms with Crippen molar-refractivity contribution in [1.29, 1.82) is 0 Å². The van der Waals surface area contributed by atoms with Crippen LogP contribution in [0.4, 0.5) is 0 Å². The maximum absolute atomic E-state index is 6.30. The van der Waals surface area contributed by atoms with Crippen molar-refractivity contribution < 1.29 is 4.74 Å². The number of halogens is 2. The Balaban J connectivity index is 1.81. The van der Waals surface area contributed by atoms with E-state index in [4.69, 9.17) is 16.3 Å². The standard InChI is InChI=1S/C17H12BrClN4O/c1-24-11-7-5-10(6-8-11)9-23-21-15-12-3-2-4-13(18)14(12)20-17(19)16(15)22-23/h2-8H,9H2,1H3. The van der Waals surface area contributed by atoms with Gasteiger partial charge >= 0.3 is 0 Å². The Hall–Kier alpha value is -2.18. The molecule has 120 valence electrons. The number of rotatable bonds is 3. The van der Waals surface area contributed by atoms with Crippen molar-refractivity contribution in [1.82, 2.24) is 20.0 Å². The molecule has 2 heterocycles. The molecule has 0 saturated carbocycles. The number of nitrogens with zero attached hydrogens (tertiary/aromatic N) is 4. The molecule has 0 fully saturated rings. The van der Waals surface area contributed by atoms with E-state index in [1.807, 2.05) is 42.5 Å². The molecular formula is C17H12BrClN4O. The Morgan fingerprint density at radius 2 is 1.79 bits per heavy atom. The maximum atomic E-state index is 6.30. The molecule has 2 aromatic heterocycles. The van der Waals surface area contributed by atoms with Gasteiger partial charge in [0.25, 0.3) is 0 Å². The number of hydrogen-bond acceptors (Lipinski definition) is 4. The number of fused-ring (bicyclic) bond motifs is 3. The summed E-state index contributed by atoms with van der Waals surface area (Å²) in [5, 5.41) is 10.4. The highest BCUT2D eigenvalue weighted by atomic mass is 79.9. The van der Waals surface area contributed by atoms with Crippen molar-refractivity contribution in [2.24, 2.45) is 0 Å². The van der Waals surface area contributed by atoms with Gasteiger partial charge in [-0.15, -0.1) is 5.10 Å². The molecule has 0 unspecified atom stereocenters. The van der Waals surface area contributed by atoms with Crippen molar-refractivity contribution in [3.63, 3.8) is 0 Å². The van der Waals surface area contributed by atoms with Gasteiger partial charge in [0.1, 0.15) is 11.3 Å². The van der Waals surface area contributed by atoms with Crippen LogP contribution in [-0.4, -0.2) is 27.1 Å². The first-order chi connectivity index (χ1) is 11.7. The zero-order valence-electron chi connectivity index (χ0n) is 12.7. The van der Waals surface area contributed by atoms with Crippen LogP contribution in [0.3, 0.4) is 0 Å². The highest BCUT2D eigenvalue weighted by molar-refractivity contribution is 9.10. The molecule has 0 aliphatic carbocycles. The molecule has 5 nitrogen and oxygen atoms in total. The summed E-state index contributed by atoms with van der Waals surface area (Å²) in [6, 6.07) is 13.7. The first-order valence-corrected chi connectivity index (χ1v) is 8.44. The predicted molar refractivity (Wildman–Crippen MR) is 97.6 cm³/mol. The average molecular weight is 404 g/mol. The highest BCUT2D eigenvalue weighted by Crippen LogP contribution is 2.30. The maximum Gasteiger partial charge on any atom is 0.159 e. The molecular weight excluding hydrogens is 392 g/mol. The first kappa shape index (κ1) is 15.4. The third-order valence-electron chi connectivity index (χ3n) is 3.79. The zero-order chi connectivity index (χ0) is 16.7. The molecule has 0 aliphatic heterocycles. The van der Waals surface area contributed by atoms with Crippen molar-refractivity contribution >= 4 is 49.5 Å². The predicted octanol–water partition coefficient (Wildman–Crippen LogP) is 4.45. The van der Waals surface area contributed by atoms with E-state index < -0.39 is 0 Å². The van der Waals surface area contributed by atoms with Crippen molar-refractivity contribution in [2.45, 2.75) is 6.54 Å². The van der Waals surface area contributed by atoms with Crippen molar-refractivity contribution in [2.75, 3.05) is 7.11 Å². The molecule has 7 heteroatoms. The summed E-state index contributed by atoms with van der Waals surface area (Å²) in [5.41, 5.74) is 3.22. The zero-order valence-corrected chi connectivity index (χ0v) is 15.0. The Labute approximate surface area is 151 Å². The second-order valence-electron chi connectivity index (χ2n) is 5.31. The van der Waals surface area contributed by atoms with E-state index in [9.17, 15) is 0 Å². The van der Waals surface area contributed by atoms with Gasteiger partial charge in [0.2, 0.25) is 0 Å². The van der Waals surface area contributed by atoms with Crippen molar-refractivity contribution in [3.8, 4) is 5.75 Å². The minimum absolute atomic E-state index is 0.352. The Morgan fingerprint density at radius 1 is 1.04 bits per heavy atom. The SMILES string of the molecule is COc1ccc(Cn2nc3c(Cl)nc4c(Br)cccc4c3n2)cc1. The lowest BCUT2D eigenvalue weighted by Gasteiger charge is -2.02. The third-order valence-corrected chi connectivity index (χ3v) is 4.69. The highest BCUT2D eigenvalue weighted by Gasteiger charge is 2.14. The number of ether oxygens (including phenoxy) is 1. The molecule has 4 aromatic rings. The molecule has 2 aromatic carbocycles. The number of benzene rings is 2. The number of pyridine rings is 1. The normalized spacial score (nSPS) is 11.3. The second kappa shape index (κ2) is 6.03. The lowest BCUT2D eigenvalue weighted by atomic mass is 10.2. The van der Waals surface area contributed by atoms with Gasteiger partial charge in [0, 0.05) is 9.86 Å². The largest absolute Gasteiger partial charge is 0.497 e. The Morgan fingerprint density at radius 3 is 2.54 bits per heavy atom. The van der Waals surface area contributed by atoms with Crippen LogP contribution >= 0.6 is 27.5 Å². The van der Waals surface area contributed by atoms with Crippen LogP contribution in [0.25, 0.3) is 21.9 Å². The molecule has 24 heavy (non-hydrogen) atoms. The van der Waals surface area contributed by atoms with E-state index >= 15 is 0 Å². The molecule has 0 radical (unpaired) electrons. The van der Waals surface area contributed by atoms with Crippen LogP contribution in [0.15, 0.2) is 46.9 Å². The van der Waals surface area contributed by atoms with Crippen LogP contribution in [0.5, 0.6) is 5.75 Å². The van der Waals surface area contributed by atoms with E-state index in [1.54, 1.807) is 11.9 Å². The molecule has 0 amide bonds. The van der Waals surface area contributed by atoms with Gasteiger partial charge in [-0.3, -0.25) is 0 Å². The van der Waals surface area contributed by atoms with Gasteiger partial charge in [-0.2, -0.15) is 9.90 Å². The fourth-order valence-corrected chi connectivity index (χ4v) is 3.27. The van der Waals surface area contributed by atoms with Crippen LogP contribution in [0.1, 0.15) is 5.56 Å². The van der Waals surface area contributed by atoms with Gasteiger partial charge in [0.15, 0.2) is 10.7 Å². The monoisotopic (exact) mass is 402 g/mol. The van der Waals surface area contributed by atoms with Gasteiger partial charge < -0.3 is 4.74 Å². The second-order valence-corrected chi connectivity index (χ2v) is 6.53. The molecule has 0 bridgehead atoms. The lowest BCUT2D eigenvalue weighted by Crippen LogP contribution is -2.03. The number of hydrogen-bond donors (Lipinski definition) is 0. The van der Waals surface area contributed by atoms with Gasteiger partial charge in [-0.25, -0.2) is 4.98 Å². The van der Waals surface area contributed by atoms with Crippen LogP contribution in [0, 0.1) is 0 Å². The van der Waals surface area contributed by atoms with E-state index in [1.165, 1.54) is 0 Å². The summed E-state index contributed by atoms with van der Waals surface area (Å²) in [6.45, 7) is 0.546. The van der Waals surface area contributed by atoms with Gasteiger partial charge in [-0.1, -0.05) is 35.9 Å². The van der Waals surface area contributed by atoms with Gasteiger partial charge in [-0.05, 0) is 39.7 Å². The van der Waals surface area contributed by atoms with E-state index in [0.29, 0.717) is 17.2 Å². The molecule has 0 saturated heterocycles. The van der Waals surface area contributed by atoms with Gasteiger partial charge in [0.05, 0.1) is 19.2 Å². The lowest BCUT2D eigenvalue weighted by molar-refractivity contribution is 0.414. The van der Waals surface area contributed by atoms with E-state index in [0.717, 1.165) is 32.2 Å². The molecule has 4 rings (SSSR count). The van der Waals surface area contributed by atoms with E-state index in [2.05, 4.69) is 31.1 Å². The third kappa shape index (κ3) is 2.61. The van der Waals surface area contributed by atoms with Crippen LogP contribution < -0.4 is 4.74 Å². The summed E-state index contributed by atoms with van der Waals surface area (Å²) in [4.78, 5) is 6.07. The summed E-state index contributed by atoms with van der Waals surface area (Å²) in [6.07, 6.45) is 0. The number of aromatic nitrogens is 4. The van der Waals surface area contributed by atoms with Crippen LogP contribution in [-0.2, 0) is 6.54 Å². The summed E-state index contributed by atoms with van der Waals surface area (Å²) < 4.78 is 6.06. The number of methoxy groups -OCH3 is 1.